The number of nitrogens with one attached hydrogen (secondary N) is 1. The molecule has 1 aliphatic heterocycles. The number of halogens is 3. The van der Waals surface area contributed by atoms with Crippen molar-refractivity contribution in [2.45, 2.75) is 19.5 Å². The van der Waals surface area contributed by atoms with Gasteiger partial charge in [0.1, 0.15) is 6.61 Å². The first kappa shape index (κ1) is 18.2. The first-order chi connectivity index (χ1) is 12.5. The summed E-state index contributed by atoms with van der Waals surface area (Å²) in [5.41, 5.74) is -0.282. The highest BCUT2D eigenvalue weighted by molar-refractivity contribution is 5.36. The van der Waals surface area contributed by atoms with Crippen LogP contribution in [0.2, 0.25) is 0 Å². The van der Waals surface area contributed by atoms with E-state index >= 15 is 0 Å². The molecular formula is C17H19F3N4O2. The zero-order valence-electron chi connectivity index (χ0n) is 14.2. The molecular weight excluding hydrogens is 349 g/mol. The average Bonchev–Trinajstić information content (AvgIpc) is 2.61. The van der Waals surface area contributed by atoms with Gasteiger partial charge in [0.2, 0.25) is 0 Å². The van der Waals surface area contributed by atoms with E-state index in [1.165, 1.54) is 17.0 Å². The first-order valence-electron chi connectivity index (χ1n) is 8.27. The van der Waals surface area contributed by atoms with E-state index < -0.39 is 23.2 Å². The lowest BCUT2D eigenvalue weighted by Gasteiger charge is -2.32. The van der Waals surface area contributed by atoms with E-state index in [0.29, 0.717) is 31.0 Å². The largest absolute Gasteiger partial charge is 0.489 e. The summed E-state index contributed by atoms with van der Waals surface area (Å²) in [4.78, 5) is 18.7. The molecule has 1 unspecified atom stereocenters. The molecule has 140 valence electrons. The van der Waals surface area contributed by atoms with Crippen molar-refractivity contribution in [1.29, 1.82) is 0 Å². The molecule has 1 aromatic heterocycles. The summed E-state index contributed by atoms with van der Waals surface area (Å²) >= 11 is 0. The van der Waals surface area contributed by atoms with Crippen molar-refractivity contribution in [3.05, 3.63) is 52.3 Å². The van der Waals surface area contributed by atoms with Crippen LogP contribution in [-0.2, 0) is 6.54 Å². The van der Waals surface area contributed by atoms with Crippen LogP contribution in [0.1, 0.15) is 6.92 Å². The van der Waals surface area contributed by atoms with Gasteiger partial charge in [-0.15, -0.1) is 0 Å². The van der Waals surface area contributed by atoms with Crippen molar-refractivity contribution in [2.75, 3.05) is 31.1 Å². The monoisotopic (exact) mass is 368 g/mol. The maximum absolute atomic E-state index is 13.6. The highest BCUT2D eigenvalue weighted by atomic mass is 19.2. The van der Waals surface area contributed by atoms with Gasteiger partial charge in [0.15, 0.2) is 29.0 Å². The Kier molecular flexibility index (Phi) is 5.46. The molecule has 1 N–H and O–H groups in total. The number of aromatic nitrogens is 2. The minimum absolute atomic E-state index is 0.0800. The predicted octanol–water partition coefficient (Wildman–Crippen LogP) is 1.54. The maximum atomic E-state index is 13.6. The second kappa shape index (κ2) is 7.77. The quantitative estimate of drug-likeness (QED) is 0.812. The molecule has 0 radical (unpaired) electrons. The van der Waals surface area contributed by atoms with Gasteiger partial charge < -0.3 is 19.5 Å². The molecule has 1 saturated heterocycles. The van der Waals surface area contributed by atoms with Crippen LogP contribution in [0.4, 0.5) is 19.0 Å². The Morgan fingerprint density at radius 3 is 2.81 bits per heavy atom. The van der Waals surface area contributed by atoms with Crippen molar-refractivity contribution in [2.24, 2.45) is 0 Å². The summed E-state index contributed by atoms with van der Waals surface area (Å²) in [7, 11) is 0. The van der Waals surface area contributed by atoms with Gasteiger partial charge in [0, 0.05) is 50.2 Å². The first-order valence-corrected chi connectivity index (χ1v) is 8.27. The Bertz CT molecular complexity index is 843. The highest BCUT2D eigenvalue weighted by Gasteiger charge is 2.20. The summed E-state index contributed by atoms with van der Waals surface area (Å²) < 4.78 is 46.2. The summed E-state index contributed by atoms with van der Waals surface area (Å²) in [6, 6.07) is 1.32. The van der Waals surface area contributed by atoms with Crippen molar-refractivity contribution < 1.29 is 17.9 Å². The van der Waals surface area contributed by atoms with Crippen molar-refractivity contribution in [3.63, 3.8) is 0 Å². The minimum Gasteiger partial charge on any atom is -0.489 e. The normalized spacial score (nSPS) is 17.4. The van der Waals surface area contributed by atoms with Gasteiger partial charge in [0.25, 0.3) is 5.56 Å². The average molecular weight is 368 g/mol. The fraction of sp³-hybridized carbons (Fsp3) is 0.412. The van der Waals surface area contributed by atoms with Crippen LogP contribution in [0.25, 0.3) is 0 Å². The van der Waals surface area contributed by atoms with Gasteiger partial charge in [-0.1, -0.05) is 0 Å². The second-order valence-corrected chi connectivity index (χ2v) is 6.10. The van der Waals surface area contributed by atoms with E-state index in [9.17, 15) is 18.0 Å². The molecule has 26 heavy (non-hydrogen) atoms. The lowest BCUT2D eigenvalue weighted by Crippen LogP contribution is -2.51. The van der Waals surface area contributed by atoms with Crippen LogP contribution < -0.4 is 20.5 Å². The summed E-state index contributed by atoms with van der Waals surface area (Å²) in [5.74, 6) is -3.53. The third-order valence-electron chi connectivity index (χ3n) is 4.13. The molecule has 0 amide bonds. The van der Waals surface area contributed by atoms with Gasteiger partial charge in [-0.2, -0.15) is 0 Å². The van der Waals surface area contributed by atoms with Gasteiger partial charge >= 0.3 is 0 Å². The number of rotatable bonds is 5. The van der Waals surface area contributed by atoms with E-state index in [2.05, 4.69) is 10.3 Å². The topological polar surface area (TPSA) is 59.4 Å². The highest BCUT2D eigenvalue weighted by Crippen LogP contribution is 2.20. The molecule has 2 aromatic rings. The number of hydrogen-bond donors (Lipinski definition) is 1. The molecule has 0 aliphatic carbocycles. The van der Waals surface area contributed by atoms with Gasteiger partial charge in [-0.05, 0) is 6.92 Å². The third kappa shape index (κ3) is 3.98. The number of anilines is 1. The molecule has 1 fully saturated rings. The van der Waals surface area contributed by atoms with Crippen LogP contribution in [0, 0.1) is 17.5 Å². The van der Waals surface area contributed by atoms with Gasteiger partial charge in [-0.3, -0.25) is 4.79 Å². The lowest BCUT2D eigenvalue weighted by atomic mass is 10.2. The van der Waals surface area contributed by atoms with Gasteiger partial charge in [-0.25, -0.2) is 18.2 Å². The zero-order valence-corrected chi connectivity index (χ0v) is 14.2. The van der Waals surface area contributed by atoms with E-state index in [0.717, 1.165) is 6.54 Å². The fourth-order valence-electron chi connectivity index (χ4n) is 2.82. The molecule has 3 rings (SSSR count). The number of benzene rings is 1. The molecule has 1 aromatic carbocycles. The molecule has 1 aliphatic rings. The van der Waals surface area contributed by atoms with Crippen LogP contribution >= 0.6 is 0 Å². The Hall–Kier alpha value is -2.55. The predicted molar refractivity (Wildman–Crippen MR) is 90.0 cm³/mol. The van der Waals surface area contributed by atoms with E-state index in [-0.39, 0.29) is 24.8 Å². The molecule has 0 saturated carbocycles. The Labute approximate surface area is 148 Å². The molecule has 0 spiro atoms. The van der Waals surface area contributed by atoms with Crippen molar-refractivity contribution in [1.82, 2.24) is 14.9 Å². The third-order valence-corrected chi connectivity index (χ3v) is 4.13. The summed E-state index contributed by atoms with van der Waals surface area (Å²) in [6.45, 7) is 4.17. The maximum Gasteiger partial charge on any atom is 0.293 e. The van der Waals surface area contributed by atoms with E-state index in [1.807, 2.05) is 11.8 Å². The van der Waals surface area contributed by atoms with Crippen LogP contribution in [0.3, 0.4) is 0 Å². The number of piperazine rings is 1. The molecule has 9 heteroatoms. The Morgan fingerprint density at radius 1 is 1.27 bits per heavy atom. The SMILES string of the molecule is CC1CN(c2nccn(CCOc3cc(F)c(F)cc3F)c2=O)CCN1. The van der Waals surface area contributed by atoms with Crippen LogP contribution in [0.15, 0.2) is 29.3 Å². The molecule has 6 nitrogen and oxygen atoms in total. The molecule has 0 bridgehead atoms. The van der Waals surface area contributed by atoms with E-state index in [4.69, 9.17) is 4.74 Å². The Balaban J connectivity index is 1.68. The lowest BCUT2D eigenvalue weighted by molar-refractivity contribution is 0.279. The standard InChI is InChI=1S/C17H19F3N4O2/c1-11-10-24(5-2-21-11)16-17(25)23(4-3-22-16)6-7-26-15-9-13(19)12(18)8-14(15)20/h3-4,8-9,11,21H,2,5-7,10H2,1H3. The second-order valence-electron chi connectivity index (χ2n) is 6.10. The smallest absolute Gasteiger partial charge is 0.293 e. The zero-order chi connectivity index (χ0) is 18.7. The van der Waals surface area contributed by atoms with Crippen molar-refractivity contribution >= 4 is 5.82 Å². The van der Waals surface area contributed by atoms with E-state index in [1.54, 1.807) is 0 Å². The van der Waals surface area contributed by atoms with Crippen LogP contribution in [0.5, 0.6) is 5.75 Å². The fourth-order valence-corrected chi connectivity index (χ4v) is 2.82. The van der Waals surface area contributed by atoms with Crippen LogP contribution in [-0.4, -0.2) is 41.8 Å². The Morgan fingerprint density at radius 2 is 2.04 bits per heavy atom. The number of nitrogens with zero attached hydrogens (tertiary/aromatic N) is 3. The molecule has 1 atom stereocenters. The molecule has 2 heterocycles. The summed E-state index contributed by atoms with van der Waals surface area (Å²) in [6.07, 6.45) is 3.02. The number of hydrogen-bond acceptors (Lipinski definition) is 5. The van der Waals surface area contributed by atoms with Gasteiger partial charge in [0.05, 0.1) is 6.54 Å². The number of ether oxygens (including phenoxy) is 1. The minimum atomic E-state index is -1.28. The van der Waals surface area contributed by atoms with Crippen molar-refractivity contribution in [3.8, 4) is 5.75 Å². The summed E-state index contributed by atoms with van der Waals surface area (Å²) in [5, 5.41) is 3.29.